The maximum absolute atomic E-state index is 11.5. The number of hydrogen-bond acceptors (Lipinski definition) is 3. The number of allylic oxidation sites excluding steroid dienone is 2. The Morgan fingerprint density at radius 1 is 1.41 bits per heavy atom. The lowest BCUT2D eigenvalue weighted by molar-refractivity contribution is -0.115. The number of aliphatic hydroxyl groups excluding tert-OH is 1. The van der Waals surface area contributed by atoms with Crippen molar-refractivity contribution in [3.8, 4) is 0 Å². The highest BCUT2D eigenvalue weighted by Crippen LogP contribution is 2.09. The zero-order chi connectivity index (χ0) is 12.7. The van der Waals surface area contributed by atoms with E-state index in [1.165, 1.54) is 0 Å². The molecule has 0 aromatic heterocycles. The fourth-order valence-corrected chi connectivity index (χ4v) is 1.45. The zero-order valence-electron chi connectivity index (χ0n) is 10.3. The molecule has 2 N–H and O–H groups in total. The van der Waals surface area contributed by atoms with E-state index in [2.05, 4.69) is 5.32 Å². The van der Waals surface area contributed by atoms with Crippen LogP contribution in [0.1, 0.15) is 26.7 Å². The fourth-order valence-electron chi connectivity index (χ4n) is 1.45. The number of carbonyl (C=O) groups excluding carboxylic acids is 1. The van der Waals surface area contributed by atoms with Crippen LogP contribution in [0.25, 0.3) is 0 Å². The van der Waals surface area contributed by atoms with Gasteiger partial charge in [0, 0.05) is 23.9 Å². The summed E-state index contributed by atoms with van der Waals surface area (Å²) >= 11 is 0. The van der Waals surface area contributed by atoms with E-state index >= 15 is 0 Å². The predicted molar refractivity (Wildman–Crippen MR) is 69.7 cm³/mol. The minimum absolute atomic E-state index is 0.0341. The van der Waals surface area contributed by atoms with Crippen molar-refractivity contribution in [3.05, 3.63) is 42.1 Å². The highest BCUT2D eigenvalue weighted by atomic mass is 16.3. The van der Waals surface area contributed by atoms with E-state index < -0.39 is 6.10 Å². The van der Waals surface area contributed by atoms with Crippen molar-refractivity contribution in [2.75, 3.05) is 5.32 Å². The molecule has 0 aliphatic rings. The molecule has 17 heavy (non-hydrogen) atoms. The molecule has 0 aliphatic carbocycles. The third-order valence-corrected chi connectivity index (χ3v) is 2.30. The van der Waals surface area contributed by atoms with Gasteiger partial charge < -0.3 is 10.4 Å². The molecule has 0 amide bonds. The lowest BCUT2D eigenvalue weighted by Gasteiger charge is -2.06. The van der Waals surface area contributed by atoms with E-state index in [0.717, 1.165) is 11.4 Å². The number of aliphatic hydroxyl groups is 1. The van der Waals surface area contributed by atoms with Gasteiger partial charge in [0.05, 0.1) is 6.10 Å². The van der Waals surface area contributed by atoms with E-state index in [1.807, 2.05) is 37.3 Å². The molecule has 0 saturated carbocycles. The minimum atomic E-state index is -0.422. The van der Waals surface area contributed by atoms with Gasteiger partial charge in [0.1, 0.15) is 0 Å². The Bertz CT molecular complexity index is 382. The molecule has 1 aromatic rings. The van der Waals surface area contributed by atoms with Gasteiger partial charge in [-0.1, -0.05) is 18.2 Å². The van der Waals surface area contributed by atoms with E-state index in [-0.39, 0.29) is 5.78 Å². The number of hydrogen-bond donors (Lipinski definition) is 2. The number of carbonyl (C=O) groups is 1. The Balaban J connectivity index is 2.46. The van der Waals surface area contributed by atoms with Crippen LogP contribution >= 0.6 is 0 Å². The highest BCUT2D eigenvalue weighted by molar-refractivity contribution is 5.90. The largest absolute Gasteiger partial charge is 0.393 e. The van der Waals surface area contributed by atoms with Gasteiger partial charge in [-0.25, -0.2) is 0 Å². The molecule has 92 valence electrons. The number of para-hydroxylation sites is 1. The smallest absolute Gasteiger partial charge is 0.157 e. The van der Waals surface area contributed by atoms with Gasteiger partial charge >= 0.3 is 0 Å². The standard InChI is InChI=1S/C14H19NO2/c1-11(10-14(17)9-8-12(2)16)15-13-6-4-3-5-7-13/h3-7,10,12,15-16H,8-9H2,1-2H3/b11-10-. The number of ketones is 1. The molecule has 0 aliphatic heterocycles. The third-order valence-electron chi connectivity index (χ3n) is 2.30. The maximum Gasteiger partial charge on any atom is 0.157 e. The lowest BCUT2D eigenvalue weighted by Crippen LogP contribution is -2.05. The van der Waals surface area contributed by atoms with Gasteiger partial charge in [-0.2, -0.15) is 0 Å². The van der Waals surface area contributed by atoms with E-state index in [4.69, 9.17) is 5.11 Å². The molecule has 3 heteroatoms. The summed E-state index contributed by atoms with van der Waals surface area (Å²) in [5.41, 5.74) is 1.77. The fraction of sp³-hybridized carbons (Fsp3) is 0.357. The van der Waals surface area contributed by atoms with Gasteiger partial charge in [0.15, 0.2) is 5.78 Å². The normalized spacial score (nSPS) is 13.2. The van der Waals surface area contributed by atoms with Crippen LogP contribution in [0, 0.1) is 0 Å². The first-order chi connectivity index (χ1) is 8.08. The van der Waals surface area contributed by atoms with Crippen LogP contribution in [0.2, 0.25) is 0 Å². The summed E-state index contributed by atoms with van der Waals surface area (Å²) in [6, 6.07) is 9.70. The van der Waals surface area contributed by atoms with Gasteiger partial charge in [-0.15, -0.1) is 0 Å². The molecular weight excluding hydrogens is 214 g/mol. The minimum Gasteiger partial charge on any atom is -0.393 e. The van der Waals surface area contributed by atoms with Gasteiger partial charge in [-0.3, -0.25) is 4.79 Å². The first-order valence-corrected chi connectivity index (χ1v) is 5.79. The van der Waals surface area contributed by atoms with Crippen molar-refractivity contribution < 1.29 is 9.90 Å². The molecule has 1 rings (SSSR count). The maximum atomic E-state index is 11.5. The van der Waals surface area contributed by atoms with Crippen LogP contribution in [0.3, 0.4) is 0 Å². The quantitative estimate of drug-likeness (QED) is 0.743. The molecule has 0 fully saturated rings. The summed E-state index contributed by atoms with van der Waals surface area (Å²) in [6.45, 7) is 3.54. The van der Waals surface area contributed by atoms with Crippen molar-refractivity contribution in [3.63, 3.8) is 0 Å². The number of nitrogens with one attached hydrogen (secondary N) is 1. The summed E-state index contributed by atoms with van der Waals surface area (Å²) < 4.78 is 0. The van der Waals surface area contributed by atoms with Crippen molar-refractivity contribution in [2.24, 2.45) is 0 Å². The molecule has 0 bridgehead atoms. The average molecular weight is 233 g/mol. The van der Waals surface area contributed by atoms with Gasteiger partial charge in [0.25, 0.3) is 0 Å². The number of rotatable bonds is 6. The lowest BCUT2D eigenvalue weighted by atomic mass is 10.1. The molecule has 1 aromatic carbocycles. The van der Waals surface area contributed by atoms with Crippen LogP contribution in [0.15, 0.2) is 42.1 Å². The van der Waals surface area contributed by atoms with Gasteiger partial charge in [0.2, 0.25) is 0 Å². The molecule has 3 nitrogen and oxygen atoms in total. The molecule has 0 spiro atoms. The van der Waals surface area contributed by atoms with E-state index in [1.54, 1.807) is 13.0 Å². The topological polar surface area (TPSA) is 49.3 Å². The van der Waals surface area contributed by atoms with Crippen LogP contribution in [-0.2, 0) is 4.79 Å². The molecule has 0 radical (unpaired) electrons. The summed E-state index contributed by atoms with van der Waals surface area (Å²) in [6.07, 6.45) is 2.05. The SMILES string of the molecule is C/C(=C/C(=O)CCC(C)O)Nc1ccccc1. The molecule has 1 atom stereocenters. The molecule has 0 saturated heterocycles. The Kier molecular flexibility index (Phi) is 5.43. The third kappa shape index (κ3) is 5.88. The monoisotopic (exact) mass is 233 g/mol. The zero-order valence-corrected chi connectivity index (χ0v) is 10.3. The summed E-state index contributed by atoms with van der Waals surface area (Å²) in [5.74, 6) is 0.0341. The molecule has 0 heterocycles. The number of benzene rings is 1. The Hall–Kier alpha value is -1.61. The van der Waals surface area contributed by atoms with E-state index in [0.29, 0.717) is 12.8 Å². The second-order valence-electron chi connectivity index (χ2n) is 4.17. The molecule has 1 unspecified atom stereocenters. The number of anilines is 1. The van der Waals surface area contributed by atoms with E-state index in [9.17, 15) is 4.79 Å². The predicted octanol–water partition coefficient (Wildman–Crippen LogP) is 2.73. The Morgan fingerprint density at radius 3 is 2.65 bits per heavy atom. The summed E-state index contributed by atoms with van der Waals surface area (Å²) in [4.78, 5) is 11.5. The second kappa shape index (κ2) is 6.86. The van der Waals surface area contributed by atoms with Crippen molar-refractivity contribution >= 4 is 11.5 Å². The van der Waals surface area contributed by atoms with Crippen LogP contribution < -0.4 is 5.32 Å². The van der Waals surface area contributed by atoms with Gasteiger partial charge in [-0.05, 0) is 32.4 Å². The van der Waals surface area contributed by atoms with Crippen LogP contribution in [0.5, 0.6) is 0 Å². The van der Waals surface area contributed by atoms with Crippen LogP contribution in [0.4, 0.5) is 5.69 Å². The van der Waals surface area contributed by atoms with Crippen molar-refractivity contribution in [1.29, 1.82) is 0 Å². The second-order valence-corrected chi connectivity index (χ2v) is 4.17. The first-order valence-electron chi connectivity index (χ1n) is 5.79. The Labute approximate surface area is 102 Å². The van der Waals surface area contributed by atoms with Crippen molar-refractivity contribution in [2.45, 2.75) is 32.8 Å². The highest BCUT2D eigenvalue weighted by Gasteiger charge is 2.02. The first kappa shape index (κ1) is 13.5. The average Bonchev–Trinajstić information content (AvgIpc) is 2.27. The summed E-state index contributed by atoms with van der Waals surface area (Å²) in [7, 11) is 0. The molecular formula is C14H19NO2. The van der Waals surface area contributed by atoms with Crippen molar-refractivity contribution in [1.82, 2.24) is 0 Å². The summed E-state index contributed by atoms with van der Waals surface area (Å²) in [5, 5.41) is 12.2. The Morgan fingerprint density at radius 2 is 2.06 bits per heavy atom. The van der Waals surface area contributed by atoms with Crippen LogP contribution in [-0.4, -0.2) is 17.0 Å².